The van der Waals surface area contributed by atoms with E-state index in [1.807, 2.05) is 0 Å². The normalized spacial score (nSPS) is 18.9. The number of carbonyl (C=O) groups is 1. The Bertz CT molecular complexity index is 1070. The average Bonchev–Trinajstić information content (AvgIpc) is 2.92. The van der Waals surface area contributed by atoms with E-state index in [2.05, 4.69) is 10.2 Å². The summed E-state index contributed by atoms with van der Waals surface area (Å²) >= 11 is 5.92. The van der Waals surface area contributed by atoms with Crippen LogP contribution in [0.4, 0.5) is 18.9 Å². The molecule has 0 radical (unpaired) electrons. The van der Waals surface area contributed by atoms with Crippen molar-refractivity contribution in [3.05, 3.63) is 28.3 Å². The molecule has 0 amide bonds. The van der Waals surface area contributed by atoms with Gasteiger partial charge >= 0.3 is 6.18 Å². The van der Waals surface area contributed by atoms with Crippen LogP contribution in [0, 0.1) is 10.1 Å². The van der Waals surface area contributed by atoms with Gasteiger partial charge < -0.3 is 9.47 Å². The number of carbonyl (C=O) groups excluding carboxylic acids is 1. The molecular weight excluding hydrogens is 471 g/mol. The highest BCUT2D eigenvalue weighted by molar-refractivity contribution is 8.05. The second kappa shape index (κ2) is 8.78. The summed E-state index contributed by atoms with van der Waals surface area (Å²) in [6.45, 7) is 0.725. The maximum Gasteiger partial charge on any atom is 0.433 e. The molecule has 0 aliphatic carbocycles. The Morgan fingerprint density at radius 3 is 2.45 bits per heavy atom. The largest absolute Gasteiger partial charge is 0.489 e. The number of sulfone groups is 1. The molecule has 1 unspecified atom stereocenters. The molecule has 0 spiro atoms. The van der Waals surface area contributed by atoms with E-state index in [4.69, 9.17) is 21.1 Å². The summed E-state index contributed by atoms with van der Waals surface area (Å²) in [6, 6.07) is 3.03. The van der Waals surface area contributed by atoms with Crippen LogP contribution < -0.4 is 9.47 Å². The number of nitro groups is 1. The second-order valence-corrected chi connectivity index (χ2v) is 9.20. The predicted octanol–water partition coefficient (Wildman–Crippen LogP) is 3.03. The van der Waals surface area contributed by atoms with E-state index in [1.165, 1.54) is 0 Å². The highest BCUT2D eigenvalue weighted by atomic mass is 35.5. The lowest BCUT2D eigenvalue weighted by Crippen LogP contribution is -2.45. The van der Waals surface area contributed by atoms with Gasteiger partial charge in [-0.25, -0.2) is 8.42 Å². The van der Waals surface area contributed by atoms with E-state index >= 15 is 0 Å². The predicted molar refractivity (Wildman–Crippen MR) is 103 cm³/mol. The fourth-order valence-corrected chi connectivity index (χ4v) is 3.06. The van der Waals surface area contributed by atoms with Crippen molar-refractivity contribution in [2.24, 2.45) is 10.2 Å². The van der Waals surface area contributed by atoms with E-state index in [0.717, 1.165) is 31.4 Å². The van der Waals surface area contributed by atoms with Crippen LogP contribution >= 0.6 is 11.6 Å². The van der Waals surface area contributed by atoms with Crippen molar-refractivity contribution in [2.45, 2.75) is 30.8 Å². The SMILES string of the molecule is CC1(Cl)C(Oc2ccc([N+](=O)[O-])cc2OCCCC(=O)S(C)(=O)=O)=NN=C1C(F)(F)F. The van der Waals surface area contributed by atoms with Gasteiger partial charge in [0.05, 0.1) is 17.6 Å². The summed E-state index contributed by atoms with van der Waals surface area (Å²) in [6.07, 6.45) is -4.53. The van der Waals surface area contributed by atoms with Crippen LogP contribution in [0.2, 0.25) is 0 Å². The van der Waals surface area contributed by atoms with Crippen LogP contribution in [0.25, 0.3) is 0 Å². The molecule has 0 N–H and O–H groups in total. The topological polar surface area (TPSA) is 138 Å². The Hall–Kier alpha value is -2.74. The van der Waals surface area contributed by atoms with Crippen LogP contribution in [0.15, 0.2) is 28.4 Å². The maximum atomic E-state index is 13.0. The molecule has 1 atom stereocenters. The monoisotopic (exact) mass is 485 g/mol. The summed E-state index contributed by atoms with van der Waals surface area (Å²) < 4.78 is 72.0. The number of nitrogens with zero attached hydrogens (tertiary/aromatic N) is 3. The molecule has 15 heteroatoms. The fourth-order valence-electron chi connectivity index (χ4n) is 2.32. The molecule has 0 saturated carbocycles. The van der Waals surface area contributed by atoms with Crippen LogP contribution in [-0.4, -0.2) is 54.0 Å². The Morgan fingerprint density at radius 1 is 1.29 bits per heavy atom. The van der Waals surface area contributed by atoms with Gasteiger partial charge in [0.2, 0.25) is 20.9 Å². The van der Waals surface area contributed by atoms with Crippen molar-refractivity contribution in [1.29, 1.82) is 0 Å². The summed E-state index contributed by atoms with van der Waals surface area (Å²) in [7, 11) is -3.86. The Balaban J connectivity index is 2.19. The summed E-state index contributed by atoms with van der Waals surface area (Å²) in [5, 5.41) is 16.3. The van der Waals surface area contributed by atoms with E-state index in [-0.39, 0.29) is 30.9 Å². The Kier molecular flexibility index (Phi) is 6.95. The molecule has 0 bridgehead atoms. The molecule has 31 heavy (non-hydrogen) atoms. The van der Waals surface area contributed by atoms with Gasteiger partial charge in [0.15, 0.2) is 22.1 Å². The van der Waals surface area contributed by atoms with Gasteiger partial charge in [-0.1, -0.05) is 0 Å². The highest BCUT2D eigenvalue weighted by Gasteiger charge is 2.54. The maximum absolute atomic E-state index is 13.0. The standard InChI is InChI=1S/C16H15ClF3N3O7S/c1-15(17)13(16(18,19)20)21-22-14(15)30-10-6-5-9(23(25)26)8-11(10)29-7-3-4-12(24)31(2,27)28/h5-6,8H,3-4,7H2,1-2H3. The van der Waals surface area contributed by atoms with Gasteiger partial charge in [-0.15, -0.1) is 21.8 Å². The van der Waals surface area contributed by atoms with Crippen LogP contribution in [0.1, 0.15) is 19.8 Å². The van der Waals surface area contributed by atoms with Crippen molar-refractivity contribution >= 4 is 43.9 Å². The number of ether oxygens (including phenoxy) is 2. The van der Waals surface area contributed by atoms with Crippen molar-refractivity contribution < 1.29 is 40.8 Å². The minimum Gasteiger partial charge on any atom is -0.489 e. The van der Waals surface area contributed by atoms with Gasteiger partial charge in [0.25, 0.3) is 5.69 Å². The number of rotatable bonds is 7. The molecule has 1 aliphatic rings. The van der Waals surface area contributed by atoms with Gasteiger partial charge in [-0.05, 0) is 19.4 Å². The second-order valence-electron chi connectivity index (χ2n) is 6.44. The van der Waals surface area contributed by atoms with Crippen molar-refractivity contribution in [3.63, 3.8) is 0 Å². The molecule has 1 heterocycles. The van der Waals surface area contributed by atoms with E-state index in [9.17, 15) is 36.5 Å². The number of hydrogen-bond acceptors (Lipinski definition) is 9. The van der Waals surface area contributed by atoms with Gasteiger partial charge in [0.1, 0.15) is 0 Å². The van der Waals surface area contributed by atoms with Crippen molar-refractivity contribution in [3.8, 4) is 11.5 Å². The zero-order chi connectivity index (χ0) is 23.6. The lowest BCUT2D eigenvalue weighted by atomic mass is 10.1. The summed E-state index contributed by atoms with van der Waals surface area (Å²) in [5.74, 6) is -1.13. The molecule has 10 nitrogen and oxygen atoms in total. The third-order valence-corrected chi connectivity index (χ3v) is 5.27. The smallest absolute Gasteiger partial charge is 0.433 e. The quantitative estimate of drug-likeness (QED) is 0.250. The minimum absolute atomic E-state index is 0.0520. The van der Waals surface area contributed by atoms with E-state index in [0.29, 0.717) is 0 Å². The summed E-state index contributed by atoms with van der Waals surface area (Å²) in [4.78, 5) is 19.4. The minimum atomic E-state index is -4.87. The molecule has 1 aliphatic heterocycles. The number of non-ortho nitro benzene ring substituents is 1. The Labute approximate surface area is 178 Å². The van der Waals surface area contributed by atoms with Crippen LogP contribution in [-0.2, 0) is 14.6 Å². The average molecular weight is 486 g/mol. The third kappa shape index (κ3) is 5.91. The first-order valence-corrected chi connectivity index (χ1v) is 10.7. The van der Waals surface area contributed by atoms with Gasteiger partial charge in [-0.2, -0.15) is 13.2 Å². The molecule has 2 rings (SSSR count). The van der Waals surface area contributed by atoms with Crippen LogP contribution in [0.3, 0.4) is 0 Å². The van der Waals surface area contributed by atoms with Crippen molar-refractivity contribution in [2.75, 3.05) is 12.9 Å². The lowest BCUT2D eigenvalue weighted by Gasteiger charge is -2.22. The zero-order valence-electron chi connectivity index (χ0n) is 16.0. The number of hydrogen-bond donors (Lipinski definition) is 0. The molecule has 0 saturated heterocycles. The molecule has 170 valence electrons. The number of alkyl halides is 4. The number of nitro benzene ring substituents is 1. The van der Waals surface area contributed by atoms with Gasteiger partial charge in [-0.3, -0.25) is 14.9 Å². The molecule has 0 aromatic heterocycles. The summed E-state index contributed by atoms with van der Waals surface area (Å²) in [5.41, 5.74) is -1.82. The first kappa shape index (κ1) is 24.5. The number of halogens is 4. The van der Waals surface area contributed by atoms with E-state index in [1.54, 1.807) is 0 Å². The zero-order valence-corrected chi connectivity index (χ0v) is 17.5. The van der Waals surface area contributed by atoms with E-state index < -0.39 is 48.2 Å². The van der Waals surface area contributed by atoms with Gasteiger partial charge in [0, 0.05) is 18.7 Å². The first-order valence-electron chi connectivity index (χ1n) is 8.38. The highest BCUT2D eigenvalue weighted by Crippen LogP contribution is 2.38. The third-order valence-electron chi connectivity index (χ3n) is 3.90. The molecule has 1 aromatic carbocycles. The van der Waals surface area contributed by atoms with Crippen LogP contribution in [0.5, 0.6) is 11.5 Å². The number of benzene rings is 1. The van der Waals surface area contributed by atoms with Crippen molar-refractivity contribution in [1.82, 2.24) is 0 Å². The molecule has 1 aromatic rings. The molecule has 0 fully saturated rings. The Morgan fingerprint density at radius 2 is 1.94 bits per heavy atom. The fraction of sp³-hybridized carbons (Fsp3) is 0.438. The first-order chi connectivity index (χ1) is 14.1. The lowest BCUT2D eigenvalue weighted by molar-refractivity contribution is -0.385. The molecular formula is C16H15ClF3N3O7S.